The molecule has 0 aliphatic carbocycles. The lowest BCUT2D eigenvalue weighted by Gasteiger charge is -2.15. The van der Waals surface area contributed by atoms with Crippen molar-refractivity contribution < 1.29 is 14.3 Å². The molecule has 1 aromatic carbocycles. The first kappa shape index (κ1) is 18.0. The van der Waals surface area contributed by atoms with Gasteiger partial charge in [0.05, 0.1) is 5.75 Å². The molecular formula is C16H24FNO2S. The lowest BCUT2D eigenvalue weighted by atomic mass is 10.0. The van der Waals surface area contributed by atoms with Gasteiger partial charge in [0.2, 0.25) is 5.91 Å². The number of aliphatic hydroxyl groups excluding tert-OH is 1. The zero-order chi connectivity index (χ0) is 15.5. The van der Waals surface area contributed by atoms with Crippen LogP contribution >= 0.6 is 11.8 Å². The van der Waals surface area contributed by atoms with E-state index < -0.39 is 0 Å². The summed E-state index contributed by atoms with van der Waals surface area (Å²) in [6, 6.07) is 6.33. The summed E-state index contributed by atoms with van der Waals surface area (Å²) in [5, 5.41) is 11.9. The second-order valence-electron chi connectivity index (χ2n) is 5.09. The number of benzene rings is 1. The van der Waals surface area contributed by atoms with Gasteiger partial charge in [-0.2, -0.15) is 0 Å². The van der Waals surface area contributed by atoms with Crippen molar-refractivity contribution in [3.05, 3.63) is 35.6 Å². The van der Waals surface area contributed by atoms with E-state index in [9.17, 15) is 9.18 Å². The fraction of sp³-hybridized carbons (Fsp3) is 0.562. The van der Waals surface area contributed by atoms with E-state index in [1.54, 1.807) is 12.1 Å². The first-order chi connectivity index (χ1) is 10.2. The predicted octanol–water partition coefficient (Wildman–Crippen LogP) is 2.97. The highest BCUT2D eigenvalue weighted by atomic mass is 32.2. The maximum atomic E-state index is 12.7. The number of nitrogens with one attached hydrogen (secondary N) is 1. The molecule has 1 aromatic rings. The van der Waals surface area contributed by atoms with E-state index in [1.165, 1.54) is 23.9 Å². The van der Waals surface area contributed by atoms with Crippen LogP contribution in [0.4, 0.5) is 4.39 Å². The minimum absolute atomic E-state index is 0.0150. The second-order valence-corrected chi connectivity index (χ2v) is 6.08. The molecular weight excluding hydrogens is 289 g/mol. The van der Waals surface area contributed by atoms with Crippen LogP contribution in [0.25, 0.3) is 0 Å². The number of aliphatic hydroxyl groups is 1. The van der Waals surface area contributed by atoms with Crippen molar-refractivity contribution in [2.75, 3.05) is 18.9 Å². The summed E-state index contributed by atoms with van der Waals surface area (Å²) >= 11 is 1.51. The summed E-state index contributed by atoms with van der Waals surface area (Å²) in [6.45, 7) is 2.90. The number of thioether (sulfide) groups is 1. The van der Waals surface area contributed by atoms with Crippen LogP contribution in [0.1, 0.15) is 31.7 Å². The standard InChI is InChI=1S/C16H24FNO2S/c1-2-3-13(8-9-19)10-18-16(20)12-21-11-14-4-6-15(17)7-5-14/h4-7,13,19H,2-3,8-12H2,1H3,(H,18,20). The van der Waals surface area contributed by atoms with E-state index in [0.29, 0.717) is 24.0 Å². The van der Waals surface area contributed by atoms with E-state index in [1.807, 2.05) is 0 Å². The van der Waals surface area contributed by atoms with Crippen LogP contribution in [0.15, 0.2) is 24.3 Å². The zero-order valence-corrected chi connectivity index (χ0v) is 13.3. The normalized spacial score (nSPS) is 12.1. The van der Waals surface area contributed by atoms with Gasteiger partial charge in [-0.1, -0.05) is 25.5 Å². The Balaban J connectivity index is 2.19. The Morgan fingerprint density at radius 1 is 1.33 bits per heavy atom. The van der Waals surface area contributed by atoms with Crippen LogP contribution in [0.3, 0.4) is 0 Å². The molecule has 21 heavy (non-hydrogen) atoms. The minimum atomic E-state index is -0.243. The fourth-order valence-electron chi connectivity index (χ4n) is 2.09. The Morgan fingerprint density at radius 3 is 2.67 bits per heavy atom. The van der Waals surface area contributed by atoms with Crippen molar-refractivity contribution in [2.24, 2.45) is 5.92 Å². The highest BCUT2D eigenvalue weighted by Gasteiger charge is 2.09. The molecule has 0 aliphatic rings. The third-order valence-electron chi connectivity index (χ3n) is 3.24. The molecule has 118 valence electrons. The van der Waals surface area contributed by atoms with E-state index in [4.69, 9.17) is 5.11 Å². The Bertz CT molecular complexity index is 405. The van der Waals surface area contributed by atoms with Crippen molar-refractivity contribution in [1.29, 1.82) is 0 Å². The molecule has 1 atom stereocenters. The van der Waals surface area contributed by atoms with Gasteiger partial charge in [-0.15, -0.1) is 11.8 Å². The molecule has 0 aromatic heterocycles. The molecule has 5 heteroatoms. The van der Waals surface area contributed by atoms with Gasteiger partial charge < -0.3 is 10.4 Å². The van der Waals surface area contributed by atoms with Crippen molar-refractivity contribution in [1.82, 2.24) is 5.32 Å². The number of hydrogen-bond donors (Lipinski definition) is 2. The Labute approximate surface area is 130 Å². The maximum Gasteiger partial charge on any atom is 0.230 e. The van der Waals surface area contributed by atoms with Gasteiger partial charge in [-0.3, -0.25) is 4.79 Å². The maximum absolute atomic E-state index is 12.7. The number of rotatable bonds is 10. The SMILES string of the molecule is CCCC(CCO)CNC(=O)CSCc1ccc(F)cc1. The van der Waals surface area contributed by atoms with Gasteiger partial charge in [-0.05, 0) is 36.5 Å². The smallest absolute Gasteiger partial charge is 0.230 e. The summed E-state index contributed by atoms with van der Waals surface area (Å²) in [5.41, 5.74) is 1.01. The molecule has 0 saturated heterocycles. The molecule has 0 radical (unpaired) electrons. The third kappa shape index (κ3) is 8.07. The van der Waals surface area contributed by atoms with E-state index >= 15 is 0 Å². The number of carbonyl (C=O) groups is 1. The van der Waals surface area contributed by atoms with Crippen LogP contribution in [-0.4, -0.2) is 29.9 Å². The summed E-state index contributed by atoms with van der Waals surface area (Å²) in [5.74, 6) is 1.22. The summed E-state index contributed by atoms with van der Waals surface area (Å²) in [6.07, 6.45) is 2.81. The van der Waals surface area contributed by atoms with Gasteiger partial charge in [0.1, 0.15) is 5.82 Å². The average molecular weight is 313 g/mol. The quantitative estimate of drug-likeness (QED) is 0.698. The number of amides is 1. The number of halogens is 1. The molecule has 1 amide bonds. The van der Waals surface area contributed by atoms with Crippen molar-refractivity contribution >= 4 is 17.7 Å². The van der Waals surface area contributed by atoms with Gasteiger partial charge in [0.25, 0.3) is 0 Å². The zero-order valence-electron chi connectivity index (χ0n) is 12.5. The molecule has 0 saturated carbocycles. The molecule has 0 bridgehead atoms. The highest BCUT2D eigenvalue weighted by Crippen LogP contribution is 2.13. The Kier molecular flexibility index (Phi) is 9.10. The van der Waals surface area contributed by atoms with Gasteiger partial charge in [0, 0.05) is 18.9 Å². The Morgan fingerprint density at radius 2 is 2.05 bits per heavy atom. The molecule has 3 nitrogen and oxygen atoms in total. The highest BCUT2D eigenvalue weighted by molar-refractivity contribution is 7.99. The average Bonchev–Trinajstić information content (AvgIpc) is 2.47. The van der Waals surface area contributed by atoms with Gasteiger partial charge >= 0.3 is 0 Å². The molecule has 0 spiro atoms. The van der Waals surface area contributed by atoms with Gasteiger partial charge in [0.15, 0.2) is 0 Å². The van der Waals surface area contributed by atoms with Crippen LogP contribution in [0.5, 0.6) is 0 Å². The van der Waals surface area contributed by atoms with Crippen LogP contribution in [0, 0.1) is 11.7 Å². The molecule has 2 N–H and O–H groups in total. The second kappa shape index (κ2) is 10.6. The van der Waals surface area contributed by atoms with Crippen LogP contribution in [0.2, 0.25) is 0 Å². The third-order valence-corrected chi connectivity index (χ3v) is 4.24. The first-order valence-corrected chi connectivity index (χ1v) is 8.51. The Hall–Kier alpha value is -1.07. The summed E-state index contributed by atoms with van der Waals surface area (Å²) in [7, 11) is 0. The minimum Gasteiger partial charge on any atom is -0.396 e. The largest absolute Gasteiger partial charge is 0.396 e. The van der Waals surface area contributed by atoms with E-state index in [0.717, 1.165) is 24.8 Å². The van der Waals surface area contributed by atoms with Crippen molar-refractivity contribution in [2.45, 2.75) is 31.9 Å². The van der Waals surface area contributed by atoms with Gasteiger partial charge in [-0.25, -0.2) is 4.39 Å². The fourth-order valence-corrected chi connectivity index (χ4v) is 2.91. The summed E-state index contributed by atoms with van der Waals surface area (Å²) in [4.78, 5) is 11.7. The molecule has 0 aliphatic heterocycles. The van der Waals surface area contributed by atoms with Crippen LogP contribution < -0.4 is 5.32 Å². The lowest BCUT2D eigenvalue weighted by molar-refractivity contribution is -0.118. The van der Waals surface area contributed by atoms with Crippen LogP contribution in [-0.2, 0) is 10.5 Å². The number of carbonyl (C=O) groups excluding carboxylic acids is 1. The summed E-state index contributed by atoms with van der Waals surface area (Å²) < 4.78 is 12.7. The topological polar surface area (TPSA) is 49.3 Å². The van der Waals surface area contributed by atoms with E-state index in [2.05, 4.69) is 12.2 Å². The van der Waals surface area contributed by atoms with E-state index in [-0.39, 0.29) is 18.3 Å². The molecule has 0 fully saturated rings. The molecule has 1 rings (SSSR count). The molecule has 0 heterocycles. The van der Waals surface area contributed by atoms with Crippen molar-refractivity contribution in [3.63, 3.8) is 0 Å². The lowest BCUT2D eigenvalue weighted by Crippen LogP contribution is -2.31. The van der Waals surface area contributed by atoms with Crippen molar-refractivity contribution in [3.8, 4) is 0 Å². The number of hydrogen-bond acceptors (Lipinski definition) is 3. The first-order valence-electron chi connectivity index (χ1n) is 7.35. The molecule has 1 unspecified atom stereocenters. The predicted molar refractivity (Wildman–Crippen MR) is 85.7 cm³/mol. The monoisotopic (exact) mass is 313 g/mol.